The summed E-state index contributed by atoms with van der Waals surface area (Å²) in [4.78, 5) is 4.65. The molecular formula is C16H26FN3. The van der Waals surface area contributed by atoms with Crippen molar-refractivity contribution < 1.29 is 4.39 Å². The zero-order valence-corrected chi connectivity index (χ0v) is 13.0. The normalized spacial score (nSPS) is 21.0. The van der Waals surface area contributed by atoms with E-state index in [1.807, 2.05) is 13.0 Å². The third-order valence-electron chi connectivity index (χ3n) is 4.28. The molecule has 1 aromatic carbocycles. The number of halogens is 1. The molecular weight excluding hydrogens is 253 g/mol. The second kappa shape index (κ2) is 5.70. The maximum absolute atomic E-state index is 14.1. The van der Waals surface area contributed by atoms with Gasteiger partial charge in [0.15, 0.2) is 0 Å². The highest BCUT2D eigenvalue weighted by atomic mass is 19.1. The van der Waals surface area contributed by atoms with E-state index in [4.69, 9.17) is 5.73 Å². The molecule has 112 valence electrons. The minimum Gasteiger partial charge on any atom is -0.368 e. The standard InChI is InChI=1S/C16H26FN3/c1-12(18)10-13-14(17)6-5-7-15(13)20-9-8-19(4)16(2,3)11-20/h5-7,12H,8-11,18H2,1-4H3. The lowest BCUT2D eigenvalue weighted by atomic mass is 9.97. The Morgan fingerprint density at radius 2 is 2.05 bits per heavy atom. The van der Waals surface area contributed by atoms with Crippen molar-refractivity contribution in [1.82, 2.24) is 4.90 Å². The van der Waals surface area contributed by atoms with Gasteiger partial charge in [-0.25, -0.2) is 4.39 Å². The molecule has 0 radical (unpaired) electrons. The first-order valence-corrected chi connectivity index (χ1v) is 7.30. The summed E-state index contributed by atoms with van der Waals surface area (Å²) in [7, 11) is 2.14. The second-order valence-electron chi connectivity index (χ2n) is 6.57. The number of hydrogen-bond donors (Lipinski definition) is 1. The number of rotatable bonds is 3. The average Bonchev–Trinajstić information content (AvgIpc) is 2.35. The smallest absolute Gasteiger partial charge is 0.128 e. The number of likely N-dealkylation sites (N-methyl/N-ethyl adjacent to an activating group) is 1. The Morgan fingerprint density at radius 1 is 1.35 bits per heavy atom. The van der Waals surface area contributed by atoms with Gasteiger partial charge in [0.25, 0.3) is 0 Å². The van der Waals surface area contributed by atoms with Gasteiger partial charge in [-0.3, -0.25) is 4.90 Å². The van der Waals surface area contributed by atoms with E-state index < -0.39 is 0 Å². The third kappa shape index (κ3) is 3.13. The van der Waals surface area contributed by atoms with Crippen LogP contribution in [-0.4, -0.2) is 43.2 Å². The predicted molar refractivity (Wildman–Crippen MR) is 82.7 cm³/mol. The summed E-state index contributed by atoms with van der Waals surface area (Å²) in [5.74, 6) is -0.142. The Balaban J connectivity index is 2.31. The van der Waals surface area contributed by atoms with Crippen LogP contribution in [0.15, 0.2) is 18.2 Å². The van der Waals surface area contributed by atoms with Gasteiger partial charge in [0, 0.05) is 42.5 Å². The third-order valence-corrected chi connectivity index (χ3v) is 4.28. The molecule has 1 aliphatic heterocycles. The van der Waals surface area contributed by atoms with Crippen LogP contribution in [0.25, 0.3) is 0 Å². The van der Waals surface area contributed by atoms with Crippen molar-refractivity contribution in [2.24, 2.45) is 5.73 Å². The summed E-state index contributed by atoms with van der Waals surface area (Å²) >= 11 is 0. The first-order valence-electron chi connectivity index (χ1n) is 7.30. The van der Waals surface area contributed by atoms with E-state index in [2.05, 4.69) is 30.7 Å². The minimum absolute atomic E-state index is 0.0360. The largest absolute Gasteiger partial charge is 0.368 e. The van der Waals surface area contributed by atoms with Crippen molar-refractivity contribution in [2.45, 2.75) is 38.8 Å². The van der Waals surface area contributed by atoms with E-state index in [1.54, 1.807) is 6.07 Å². The highest BCUT2D eigenvalue weighted by Gasteiger charge is 2.32. The summed E-state index contributed by atoms with van der Waals surface area (Å²) < 4.78 is 14.1. The van der Waals surface area contributed by atoms with Crippen LogP contribution in [0.1, 0.15) is 26.3 Å². The highest BCUT2D eigenvalue weighted by Crippen LogP contribution is 2.29. The van der Waals surface area contributed by atoms with Crippen molar-refractivity contribution in [1.29, 1.82) is 0 Å². The summed E-state index contributed by atoms with van der Waals surface area (Å²) in [5, 5.41) is 0. The first kappa shape index (κ1) is 15.3. The topological polar surface area (TPSA) is 32.5 Å². The fourth-order valence-electron chi connectivity index (χ4n) is 2.81. The Morgan fingerprint density at radius 3 is 2.65 bits per heavy atom. The van der Waals surface area contributed by atoms with Gasteiger partial charge in [-0.2, -0.15) is 0 Å². The van der Waals surface area contributed by atoms with Gasteiger partial charge >= 0.3 is 0 Å². The van der Waals surface area contributed by atoms with Crippen LogP contribution in [0.4, 0.5) is 10.1 Å². The monoisotopic (exact) mass is 279 g/mol. The zero-order valence-electron chi connectivity index (χ0n) is 13.0. The lowest BCUT2D eigenvalue weighted by Gasteiger charge is -2.46. The first-order chi connectivity index (χ1) is 9.31. The number of benzene rings is 1. The molecule has 0 bridgehead atoms. The summed E-state index contributed by atoms with van der Waals surface area (Å²) in [6.45, 7) is 9.19. The molecule has 1 unspecified atom stereocenters. The summed E-state index contributed by atoms with van der Waals surface area (Å²) in [6, 6.07) is 5.30. The SMILES string of the molecule is CC(N)Cc1c(F)cccc1N1CCN(C)C(C)(C)C1. The predicted octanol–water partition coefficient (Wildman–Crippen LogP) is 2.25. The Bertz CT molecular complexity index is 471. The second-order valence-corrected chi connectivity index (χ2v) is 6.57. The van der Waals surface area contributed by atoms with Crippen LogP contribution in [-0.2, 0) is 6.42 Å². The molecule has 0 spiro atoms. The molecule has 0 aromatic heterocycles. The number of hydrogen-bond acceptors (Lipinski definition) is 3. The number of anilines is 1. The summed E-state index contributed by atoms with van der Waals surface area (Å²) in [6.07, 6.45) is 0.578. The quantitative estimate of drug-likeness (QED) is 0.921. The van der Waals surface area contributed by atoms with Crippen molar-refractivity contribution in [3.63, 3.8) is 0 Å². The Hall–Kier alpha value is -1.13. The van der Waals surface area contributed by atoms with Crippen molar-refractivity contribution in [3.05, 3.63) is 29.6 Å². The van der Waals surface area contributed by atoms with E-state index >= 15 is 0 Å². The fraction of sp³-hybridized carbons (Fsp3) is 0.625. The van der Waals surface area contributed by atoms with Crippen molar-refractivity contribution in [3.8, 4) is 0 Å². The molecule has 3 nitrogen and oxygen atoms in total. The average molecular weight is 279 g/mol. The molecule has 2 N–H and O–H groups in total. The van der Waals surface area contributed by atoms with Crippen LogP contribution >= 0.6 is 0 Å². The number of piperazine rings is 1. The molecule has 0 aliphatic carbocycles. The van der Waals surface area contributed by atoms with Crippen molar-refractivity contribution >= 4 is 5.69 Å². The minimum atomic E-state index is -0.142. The van der Waals surface area contributed by atoms with E-state index in [1.165, 1.54) is 6.07 Å². The van der Waals surface area contributed by atoms with Crippen LogP contribution in [0.5, 0.6) is 0 Å². The molecule has 0 amide bonds. The molecule has 20 heavy (non-hydrogen) atoms. The maximum Gasteiger partial charge on any atom is 0.128 e. The molecule has 1 saturated heterocycles. The van der Waals surface area contributed by atoms with E-state index in [9.17, 15) is 4.39 Å². The maximum atomic E-state index is 14.1. The molecule has 1 aliphatic rings. The van der Waals surface area contributed by atoms with Gasteiger partial charge in [0.05, 0.1) is 0 Å². The fourth-order valence-corrected chi connectivity index (χ4v) is 2.81. The van der Waals surface area contributed by atoms with Gasteiger partial charge in [0.2, 0.25) is 0 Å². The van der Waals surface area contributed by atoms with E-state index in [-0.39, 0.29) is 17.4 Å². The van der Waals surface area contributed by atoms with Gasteiger partial charge in [-0.15, -0.1) is 0 Å². The van der Waals surface area contributed by atoms with Gasteiger partial charge in [-0.1, -0.05) is 6.07 Å². The van der Waals surface area contributed by atoms with Crippen molar-refractivity contribution in [2.75, 3.05) is 31.6 Å². The molecule has 4 heteroatoms. The van der Waals surface area contributed by atoms with Crippen LogP contribution in [0, 0.1) is 5.82 Å². The molecule has 1 aromatic rings. The lowest BCUT2D eigenvalue weighted by molar-refractivity contribution is 0.138. The summed E-state index contributed by atoms with van der Waals surface area (Å²) in [5.41, 5.74) is 7.72. The molecule has 2 rings (SSSR count). The zero-order chi connectivity index (χ0) is 14.9. The van der Waals surface area contributed by atoms with Gasteiger partial charge in [0.1, 0.15) is 5.82 Å². The molecule has 1 fully saturated rings. The van der Waals surface area contributed by atoms with Crippen LogP contribution in [0.2, 0.25) is 0 Å². The van der Waals surface area contributed by atoms with Crippen LogP contribution in [0.3, 0.4) is 0 Å². The molecule has 1 heterocycles. The highest BCUT2D eigenvalue weighted by molar-refractivity contribution is 5.55. The lowest BCUT2D eigenvalue weighted by Crippen LogP contribution is -2.58. The van der Waals surface area contributed by atoms with E-state index in [0.717, 1.165) is 30.9 Å². The Kier molecular flexibility index (Phi) is 4.35. The van der Waals surface area contributed by atoms with Gasteiger partial charge < -0.3 is 10.6 Å². The Labute approximate surface area is 121 Å². The number of nitrogens with two attached hydrogens (primary N) is 1. The van der Waals surface area contributed by atoms with Gasteiger partial charge in [-0.05, 0) is 46.4 Å². The molecule has 0 saturated carbocycles. The number of nitrogens with zero attached hydrogens (tertiary/aromatic N) is 2. The van der Waals surface area contributed by atoms with Crippen LogP contribution < -0.4 is 10.6 Å². The molecule has 1 atom stereocenters. The van der Waals surface area contributed by atoms with E-state index in [0.29, 0.717) is 6.42 Å².